The molecule has 0 aliphatic carbocycles. The molecular formula is C12H13F6N. The summed E-state index contributed by atoms with van der Waals surface area (Å²) in [6.07, 6.45) is -9.93. The Bertz CT molecular complexity index is 392. The highest BCUT2D eigenvalue weighted by Crippen LogP contribution is 2.31. The summed E-state index contributed by atoms with van der Waals surface area (Å²) in [7, 11) is 1.47. The van der Waals surface area contributed by atoms with Crippen molar-refractivity contribution in [2.24, 2.45) is 0 Å². The van der Waals surface area contributed by atoms with E-state index in [4.69, 9.17) is 0 Å². The van der Waals surface area contributed by atoms with E-state index in [0.717, 1.165) is 12.1 Å². The highest BCUT2D eigenvalue weighted by atomic mass is 19.4. The molecule has 1 N–H and O–H groups in total. The van der Waals surface area contributed by atoms with Gasteiger partial charge in [0.05, 0.1) is 5.56 Å². The molecule has 1 atom stereocenters. The molecule has 0 amide bonds. The Balaban J connectivity index is 2.77. The minimum Gasteiger partial charge on any atom is -0.313 e. The predicted octanol–water partition coefficient (Wildman–Crippen LogP) is 4.31. The van der Waals surface area contributed by atoms with Gasteiger partial charge in [-0.2, -0.15) is 26.3 Å². The number of rotatable bonds is 4. The van der Waals surface area contributed by atoms with Gasteiger partial charge in [-0.15, -0.1) is 0 Å². The van der Waals surface area contributed by atoms with E-state index < -0.39 is 30.4 Å². The monoisotopic (exact) mass is 285 g/mol. The zero-order valence-electron chi connectivity index (χ0n) is 10.1. The Morgan fingerprint density at radius 3 is 1.89 bits per heavy atom. The lowest BCUT2D eigenvalue weighted by Gasteiger charge is -2.18. The van der Waals surface area contributed by atoms with Gasteiger partial charge >= 0.3 is 12.4 Å². The lowest BCUT2D eigenvalue weighted by atomic mass is 10.0. The molecule has 1 nitrogen and oxygen atoms in total. The van der Waals surface area contributed by atoms with Crippen molar-refractivity contribution in [2.75, 3.05) is 7.05 Å². The van der Waals surface area contributed by atoms with E-state index in [1.54, 1.807) is 0 Å². The molecule has 7 heteroatoms. The van der Waals surface area contributed by atoms with Crippen LogP contribution in [0.1, 0.15) is 30.0 Å². The summed E-state index contributed by atoms with van der Waals surface area (Å²) in [6.45, 7) is 0. The van der Waals surface area contributed by atoms with Gasteiger partial charge in [-0.05, 0) is 31.2 Å². The molecule has 0 fully saturated rings. The summed E-state index contributed by atoms with van der Waals surface area (Å²) >= 11 is 0. The van der Waals surface area contributed by atoms with Crippen LogP contribution in [0.5, 0.6) is 0 Å². The molecule has 108 valence electrons. The van der Waals surface area contributed by atoms with Crippen molar-refractivity contribution in [1.29, 1.82) is 0 Å². The summed E-state index contributed by atoms with van der Waals surface area (Å²) in [6, 6.07) is 3.50. The van der Waals surface area contributed by atoms with Gasteiger partial charge in [0.25, 0.3) is 0 Å². The molecule has 0 aliphatic rings. The van der Waals surface area contributed by atoms with E-state index in [2.05, 4.69) is 5.32 Å². The maximum absolute atomic E-state index is 12.3. The van der Waals surface area contributed by atoms with Crippen molar-refractivity contribution in [1.82, 2.24) is 5.32 Å². The number of hydrogen-bond acceptors (Lipinski definition) is 1. The normalized spacial score (nSPS) is 14.5. The smallest absolute Gasteiger partial charge is 0.313 e. The number of nitrogens with one attached hydrogen (secondary N) is 1. The molecule has 0 heterocycles. The minimum atomic E-state index is -4.44. The van der Waals surface area contributed by atoms with Crippen molar-refractivity contribution in [3.63, 3.8) is 0 Å². The Hall–Kier alpha value is -1.24. The SMILES string of the molecule is CNC(CCC(F)(F)F)c1ccc(C(F)(F)F)cc1. The van der Waals surface area contributed by atoms with Crippen LogP contribution in [0.15, 0.2) is 24.3 Å². The predicted molar refractivity (Wildman–Crippen MR) is 58.5 cm³/mol. The third-order valence-electron chi connectivity index (χ3n) is 2.71. The lowest BCUT2D eigenvalue weighted by Crippen LogP contribution is -2.19. The van der Waals surface area contributed by atoms with Crippen LogP contribution < -0.4 is 5.32 Å². The molecule has 0 aliphatic heterocycles. The summed E-state index contributed by atoms with van der Waals surface area (Å²) in [5, 5.41) is 2.67. The van der Waals surface area contributed by atoms with E-state index in [1.807, 2.05) is 0 Å². The van der Waals surface area contributed by atoms with Gasteiger partial charge < -0.3 is 5.32 Å². The molecule has 0 saturated carbocycles. The number of halogens is 6. The van der Waals surface area contributed by atoms with Crippen LogP contribution >= 0.6 is 0 Å². The average Bonchev–Trinajstić information content (AvgIpc) is 2.28. The first kappa shape index (κ1) is 15.8. The first-order valence-electron chi connectivity index (χ1n) is 5.54. The minimum absolute atomic E-state index is 0.217. The largest absolute Gasteiger partial charge is 0.416 e. The van der Waals surface area contributed by atoms with Crippen molar-refractivity contribution in [3.05, 3.63) is 35.4 Å². The molecule has 0 aromatic heterocycles. The van der Waals surface area contributed by atoms with Gasteiger partial charge in [-0.25, -0.2) is 0 Å². The van der Waals surface area contributed by atoms with Gasteiger partial charge in [-0.1, -0.05) is 12.1 Å². The quantitative estimate of drug-likeness (QED) is 0.813. The highest BCUT2D eigenvalue weighted by molar-refractivity contribution is 5.26. The Kier molecular flexibility index (Phi) is 4.84. The summed E-state index contributed by atoms with van der Waals surface area (Å²) in [5.74, 6) is 0. The molecule has 1 aromatic rings. The molecule has 0 bridgehead atoms. The van der Waals surface area contributed by atoms with Crippen molar-refractivity contribution in [3.8, 4) is 0 Å². The molecule has 1 aromatic carbocycles. The first-order valence-corrected chi connectivity index (χ1v) is 5.54. The second-order valence-corrected chi connectivity index (χ2v) is 4.11. The molecule has 0 spiro atoms. The summed E-state index contributed by atoms with van der Waals surface area (Å²) < 4.78 is 73.4. The maximum atomic E-state index is 12.3. The zero-order chi connectivity index (χ0) is 14.7. The first-order chi connectivity index (χ1) is 8.63. The van der Waals surface area contributed by atoms with Crippen LogP contribution in [0, 0.1) is 0 Å². The fraction of sp³-hybridized carbons (Fsp3) is 0.500. The molecule has 19 heavy (non-hydrogen) atoms. The van der Waals surface area contributed by atoms with E-state index in [-0.39, 0.29) is 6.42 Å². The van der Waals surface area contributed by atoms with E-state index in [0.29, 0.717) is 5.56 Å². The Labute approximate surface area is 106 Å². The lowest BCUT2D eigenvalue weighted by molar-refractivity contribution is -0.137. The molecule has 0 saturated heterocycles. The van der Waals surface area contributed by atoms with Crippen molar-refractivity contribution < 1.29 is 26.3 Å². The molecular weight excluding hydrogens is 272 g/mol. The van der Waals surface area contributed by atoms with E-state index in [9.17, 15) is 26.3 Å². The number of hydrogen-bond donors (Lipinski definition) is 1. The number of benzene rings is 1. The van der Waals surface area contributed by atoms with Crippen LogP contribution in [-0.2, 0) is 6.18 Å². The third-order valence-corrected chi connectivity index (χ3v) is 2.71. The second-order valence-electron chi connectivity index (χ2n) is 4.11. The molecule has 1 unspecified atom stereocenters. The van der Waals surface area contributed by atoms with E-state index in [1.165, 1.54) is 19.2 Å². The second kappa shape index (κ2) is 5.81. The average molecular weight is 285 g/mol. The molecule has 0 radical (unpaired) electrons. The Morgan fingerprint density at radius 2 is 1.53 bits per heavy atom. The highest BCUT2D eigenvalue weighted by Gasteiger charge is 2.31. The maximum Gasteiger partial charge on any atom is 0.416 e. The fourth-order valence-corrected chi connectivity index (χ4v) is 1.69. The Morgan fingerprint density at radius 1 is 1.00 bits per heavy atom. The van der Waals surface area contributed by atoms with Crippen LogP contribution in [0.2, 0.25) is 0 Å². The fourth-order valence-electron chi connectivity index (χ4n) is 1.69. The summed E-state index contributed by atoms with van der Waals surface area (Å²) in [5.41, 5.74) is -0.415. The van der Waals surface area contributed by atoms with Crippen LogP contribution in [0.25, 0.3) is 0 Å². The van der Waals surface area contributed by atoms with Crippen molar-refractivity contribution >= 4 is 0 Å². The van der Waals surface area contributed by atoms with Gasteiger partial charge in [0.1, 0.15) is 0 Å². The summed E-state index contributed by atoms with van der Waals surface area (Å²) in [4.78, 5) is 0. The standard InChI is InChI=1S/C12H13F6N/c1-19-10(6-7-11(13,14)15)8-2-4-9(5-3-8)12(16,17)18/h2-5,10,19H,6-7H2,1H3. The van der Waals surface area contributed by atoms with Gasteiger partial charge in [0.2, 0.25) is 0 Å². The number of alkyl halides is 6. The third kappa shape index (κ3) is 5.10. The van der Waals surface area contributed by atoms with Gasteiger partial charge in [-0.3, -0.25) is 0 Å². The van der Waals surface area contributed by atoms with Gasteiger partial charge in [0, 0.05) is 12.5 Å². The van der Waals surface area contributed by atoms with Crippen molar-refractivity contribution in [2.45, 2.75) is 31.2 Å². The van der Waals surface area contributed by atoms with Crippen LogP contribution in [0.4, 0.5) is 26.3 Å². The van der Waals surface area contributed by atoms with Crippen LogP contribution in [0.3, 0.4) is 0 Å². The van der Waals surface area contributed by atoms with Crippen LogP contribution in [-0.4, -0.2) is 13.2 Å². The van der Waals surface area contributed by atoms with Gasteiger partial charge in [0.15, 0.2) is 0 Å². The zero-order valence-corrected chi connectivity index (χ0v) is 10.1. The van der Waals surface area contributed by atoms with E-state index >= 15 is 0 Å². The molecule has 1 rings (SSSR count). The topological polar surface area (TPSA) is 12.0 Å².